The molecule has 0 aromatic heterocycles. The van der Waals surface area contributed by atoms with E-state index >= 15 is 0 Å². The lowest BCUT2D eigenvalue weighted by molar-refractivity contribution is -0.116. The van der Waals surface area contributed by atoms with Crippen molar-refractivity contribution in [3.63, 3.8) is 0 Å². The third-order valence-electron chi connectivity index (χ3n) is 3.09. The fourth-order valence-electron chi connectivity index (χ4n) is 1.97. The zero-order chi connectivity index (χ0) is 14.5. The van der Waals surface area contributed by atoms with E-state index < -0.39 is 6.09 Å². The first kappa shape index (κ1) is 17.7. The molecule has 0 aliphatic rings. The van der Waals surface area contributed by atoms with E-state index in [4.69, 9.17) is 5.11 Å². The number of carbonyl (C=O) groups excluding carboxylic acids is 1. The van der Waals surface area contributed by atoms with Gasteiger partial charge >= 0.3 is 6.09 Å². The molecule has 0 aliphatic carbocycles. The van der Waals surface area contributed by atoms with Crippen molar-refractivity contribution in [1.29, 1.82) is 0 Å². The molecule has 0 fully saturated rings. The van der Waals surface area contributed by atoms with Gasteiger partial charge in [0, 0.05) is 6.42 Å². The predicted molar refractivity (Wildman–Crippen MR) is 77.2 cm³/mol. The van der Waals surface area contributed by atoms with Crippen molar-refractivity contribution in [3.05, 3.63) is 11.8 Å². The Bertz CT molecular complexity index is 298. The van der Waals surface area contributed by atoms with Gasteiger partial charge in [-0.1, -0.05) is 57.9 Å². The molecule has 0 heterocycles. The van der Waals surface area contributed by atoms with Gasteiger partial charge in [0.1, 0.15) is 0 Å². The van der Waals surface area contributed by atoms with Crippen LogP contribution in [0.2, 0.25) is 0 Å². The summed E-state index contributed by atoms with van der Waals surface area (Å²) in [4.78, 5) is 22.2. The summed E-state index contributed by atoms with van der Waals surface area (Å²) < 4.78 is 0. The summed E-state index contributed by atoms with van der Waals surface area (Å²) >= 11 is 0. The van der Waals surface area contributed by atoms with Gasteiger partial charge in [-0.05, 0) is 13.3 Å². The monoisotopic (exact) mass is 269 g/mol. The minimum atomic E-state index is -1.18. The molecular weight excluding hydrogens is 242 g/mol. The summed E-state index contributed by atoms with van der Waals surface area (Å²) in [5, 5.41) is 10.7. The summed E-state index contributed by atoms with van der Waals surface area (Å²) in [5.74, 6) is -0.115. The highest BCUT2D eigenvalue weighted by Gasteiger charge is 2.10. The molecule has 0 atom stereocenters. The molecule has 0 aromatic rings. The molecule has 4 heteroatoms. The Morgan fingerprint density at radius 1 is 1.00 bits per heavy atom. The number of unbranched alkanes of at least 4 members (excludes halogenated alkanes) is 7. The number of carbonyl (C=O) groups is 2. The van der Waals surface area contributed by atoms with Crippen molar-refractivity contribution in [3.8, 4) is 0 Å². The zero-order valence-corrected chi connectivity index (χ0v) is 12.2. The molecule has 110 valence electrons. The Morgan fingerprint density at radius 3 is 2.00 bits per heavy atom. The number of nitrogens with one attached hydrogen (secondary N) is 1. The lowest BCUT2D eigenvalue weighted by atomic mass is 10.1. The van der Waals surface area contributed by atoms with Gasteiger partial charge in [-0.15, -0.1) is 0 Å². The van der Waals surface area contributed by atoms with E-state index in [1.807, 2.05) is 0 Å². The molecule has 0 aliphatic heterocycles. The van der Waals surface area contributed by atoms with E-state index in [2.05, 4.69) is 12.2 Å². The molecule has 1 amide bonds. The van der Waals surface area contributed by atoms with E-state index in [0.29, 0.717) is 6.42 Å². The number of allylic oxidation sites excluding steroid dienone is 2. The highest BCUT2D eigenvalue weighted by Crippen LogP contribution is 2.10. The largest absolute Gasteiger partial charge is 0.465 e. The Balaban J connectivity index is 3.60. The van der Waals surface area contributed by atoms with Gasteiger partial charge in [0.05, 0.1) is 5.70 Å². The Hall–Kier alpha value is -1.32. The minimum absolute atomic E-state index is 0.115. The third-order valence-corrected chi connectivity index (χ3v) is 3.09. The van der Waals surface area contributed by atoms with E-state index in [-0.39, 0.29) is 11.5 Å². The average molecular weight is 269 g/mol. The normalized spacial score (nSPS) is 11.4. The van der Waals surface area contributed by atoms with E-state index in [1.54, 1.807) is 6.92 Å². The number of Topliss-reactive ketones (excluding diaryl/α,β-unsaturated/α-hetero) is 1. The van der Waals surface area contributed by atoms with Crippen LogP contribution in [0.25, 0.3) is 0 Å². The molecule has 0 radical (unpaired) electrons. The lowest BCUT2D eigenvalue weighted by Crippen LogP contribution is -2.25. The van der Waals surface area contributed by atoms with Gasteiger partial charge < -0.3 is 5.11 Å². The maximum absolute atomic E-state index is 11.7. The van der Waals surface area contributed by atoms with Crippen molar-refractivity contribution in [1.82, 2.24) is 5.32 Å². The second-order valence-electron chi connectivity index (χ2n) is 4.78. The van der Waals surface area contributed by atoms with Gasteiger partial charge in [-0.2, -0.15) is 0 Å². The van der Waals surface area contributed by atoms with Crippen molar-refractivity contribution in [2.45, 2.75) is 71.6 Å². The van der Waals surface area contributed by atoms with Crippen LogP contribution < -0.4 is 5.32 Å². The van der Waals surface area contributed by atoms with Crippen LogP contribution in [0.5, 0.6) is 0 Å². The van der Waals surface area contributed by atoms with Gasteiger partial charge in [-0.3, -0.25) is 10.1 Å². The number of rotatable bonds is 11. The number of carboxylic acid groups (broad SMARTS) is 1. The number of amides is 1. The molecule has 19 heavy (non-hydrogen) atoms. The van der Waals surface area contributed by atoms with Crippen molar-refractivity contribution >= 4 is 11.9 Å². The molecule has 0 unspecified atom stereocenters. The standard InChI is InChI=1S/C15H27NO3/c1-3-5-6-7-8-9-10-11-12-14(17)13(4-2)16-15(18)19/h4,16H,3,5-12H2,1-2H3,(H,18,19)/b13-4-. The summed E-state index contributed by atoms with van der Waals surface area (Å²) in [5.41, 5.74) is 0.190. The smallest absolute Gasteiger partial charge is 0.409 e. The quantitative estimate of drug-likeness (QED) is 0.435. The molecule has 2 N–H and O–H groups in total. The molecule has 0 saturated heterocycles. The predicted octanol–water partition coefficient (Wildman–Crippen LogP) is 4.26. The first-order chi connectivity index (χ1) is 9.11. The number of hydrogen-bond acceptors (Lipinski definition) is 2. The highest BCUT2D eigenvalue weighted by atomic mass is 16.4. The van der Waals surface area contributed by atoms with Gasteiger partial charge in [0.25, 0.3) is 0 Å². The van der Waals surface area contributed by atoms with E-state index in [0.717, 1.165) is 19.3 Å². The number of ketones is 1. The molecular formula is C15H27NO3. The molecule has 4 nitrogen and oxygen atoms in total. The average Bonchev–Trinajstić information content (AvgIpc) is 2.38. The molecule has 0 spiro atoms. The lowest BCUT2D eigenvalue weighted by Gasteiger charge is -2.05. The Morgan fingerprint density at radius 2 is 1.53 bits per heavy atom. The summed E-state index contributed by atoms with van der Waals surface area (Å²) in [6, 6.07) is 0. The first-order valence-electron chi connectivity index (χ1n) is 7.31. The van der Waals surface area contributed by atoms with Crippen molar-refractivity contribution < 1.29 is 14.7 Å². The van der Waals surface area contributed by atoms with Crippen LogP contribution in [0.4, 0.5) is 4.79 Å². The minimum Gasteiger partial charge on any atom is -0.465 e. The molecule has 0 aromatic carbocycles. The highest BCUT2D eigenvalue weighted by molar-refractivity contribution is 5.97. The summed E-state index contributed by atoms with van der Waals surface area (Å²) in [6.45, 7) is 3.87. The van der Waals surface area contributed by atoms with Gasteiger partial charge in [0.2, 0.25) is 0 Å². The molecule has 0 rings (SSSR count). The van der Waals surface area contributed by atoms with Crippen LogP contribution in [0, 0.1) is 0 Å². The first-order valence-corrected chi connectivity index (χ1v) is 7.31. The van der Waals surface area contributed by atoms with Crippen LogP contribution in [0.3, 0.4) is 0 Å². The number of hydrogen-bond donors (Lipinski definition) is 2. The molecule has 0 saturated carbocycles. The Kier molecular flexibility index (Phi) is 10.9. The van der Waals surface area contributed by atoms with E-state index in [9.17, 15) is 9.59 Å². The van der Waals surface area contributed by atoms with Gasteiger partial charge in [-0.25, -0.2) is 4.79 Å². The Labute approximate surface area is 116 Å². The maximum atomic E-state index is 11.7. The van der Waals surface area contributed by atoms with E-state index in [1.165, 1.54) is 38.2 Å². The van der Waals surface area contributed by atoms with Crippen molar-refractivity contribution in [2.75, 3.05) is 0 Å². The second kappa shape index (κ2) is 11.8. The summed E-state index contributed by atoms with van der Waals surface area (Å²) in [6.07, 6.45) is 10.2. The van der Waals surface area contributed by atoms with Crippen molar-refractivity contribution in [2.24, 2.45) is 0 Å². The molecule has 0 bridgehead atoms. The van der Waals surface area contributed by atoms with Crippen LogP contribution in [-0.2, 0) is 4.79 Å². The van der Waals surface area contributed by atoms with Crippen LogP contribution in [-0.4, -0.2) is 17.0 Å². The maximum Gasteiger partial charge on any atom is 0.409 e. The van der Waals surface area contributed by atoms with Crippen LogP contribution >= 0.6 is 0 Å². The fourth-order valence-corrected chi connectivity index (χ4v) is 1.97. The van der Waals surface area contributed by atoms with Crippen LogP contribution in [0.15, 0.2) is 11.8 Å². The second-order valence-corrected chi connectivity index (χ2v) is 4.78. The topological polar surface area (TPSA) is 66.4 Å². The third kappa shape index (κ3) is 10.3. The zero-order valence-electron chi connectivity index (χ0n) is 12.2. The van der Waals surface area contributed by atoms with Gasteiger partial charge in [0.15, 0.2) is 5.78 Å². The SMILES string of the molecule is C/C=C(\NC(=O)O)C(=O)CCCCCCCCCC. The summed E-state index contributed by atoms with van der Waals surface area (Å²) in [7, 11) is 0. The van der Waals surface area contributed by atoms with Crippen LogP contribution in [0.1, 0.15) is 71.6 Å². The fraction of sp³-hybridized carbons (Fsp3) is 0.733.